The molecule has 6 nitrogen and oxygen atoms in total. The number of nitrogens with zero attached hydrogens (tertiary/aromatic N) is 2. The van der Waals surface area contributed by atoms with Crippen molar-refractivity contribution in [2.45, 2.75) is 38.8 Å². The van der Waals surface area contributed by atoms with Crippen molar-refractivity contribution in [2.24, 2.45) is 11.1 Å². The molecule has 2 atom stereocenters. The van der Waals surface area contributed by atoms with Gasteiger partial charge in [-0.2, -0.15) is 0 Å². The highest BCUT2D eigenvalue weighted by atomic mass is 35.5. The normalized spacial score (nSPS) is 23.7. The van der Waals surface area contributed by atoms with E-state index in [0.717, 1.165) is 5.56 Å². The van der Waals surface area contributed by atoms with E-state index < -0.39 is 11.0 Å². The van der Waals surface area contributed by atoms with Gasteiger partial charge in [0.2, 0.25) is 11.0 Å². The third-order valence-corrected chi connectivity index (χ3v) is 6.08. The molecular formula is C17H22Cl2N4O2S. The molecular weight excluding hydrogens is 395 g/mol. The summed E-state index contributed by atoms with van der Waals surface area (Å²) in [5.41, 5.74) is 5.79. The van der Waals surface area contributed by atoms with Gasteiger partial charge in [0.25, 0.3) is 0 Å². The van der Waals surface area contributed by atoms with Gasteiger partial charge >= 0.3 is 0 Å². The number of nitrogens with one attached hydrogen (secondary N) is 1. The third kappa shape index (κ3) is 3.59. The second-order valence-electron chi connectivity index (χ2n) is 6.72. The molecule has 3 N–H and O–H groups in total. The first kappa shape index (κ1) is 21.1. The van der Waals surface area contributed by atoms with Crippen LogP contribution in [-0.2, 0) is 9.53 Å². The smallest absolute Gasteiger partial charge is 0.247 e. The first-order valence-corrected chi connectivity index (χ1v) is 9.29. The van der Waals surface area contributed by atoms with Crippen molar-refractivity contribution in [2.75, 3.05) is 11.9 Å². The third-order valence-electron chi connectivity index (χ3n) is 4.95. The molecule has 1 heterocycles. The first-order chi connectivity index (χ1) is 11.8. The highest BCUT2D eigenvalue weighted by Gasteiger charge is 2.63. The predicted molar refractivity (Wildman–Crippen MR) is 107 cm³/mol. The number of ether oxygens (including phenoxy) is 1. The number of hydrogen-bond donors (Lipinski definition) is 2. The molecule has 1 aliphatic carbocycles. The van der Waals surface area contributed by atoms with E-state index >= 15 is 0 Å². The zero-order valence-electron chi connectivity index (χ0n) is 14.8. The number of carbonyl (C=O) groups excluding carboxylic acids is 1. The zero-order chi connectivity index (χ0) is 18.2. The van der Waals surface area contributed by atoms with Crippen LogP contribution in [0.4, 0.5) is 5.13 Å². The van der Waals surface area contributed by atoms with Crippen LogP contribution in [0.1, 0.15) is 27.2 Å². The predicted octanol–water partition coefficient (Wildman–Crippen LogP) is 3.75. The number of hydrogen-bond acceptors (Lipinski definition) is 6. The van der Waals surface area contributed by atoms with E-state index in [9.17, 15) is 4.79 Å². The van der Waals surface area contributed by atoms with Gasteiger partial charge in [0.05, 0.1) is 6.10 Å². The van der Waals surface area contributed by atoms with E-state index in [-0.39, 0.29) is 24.4 Å². The molecule has 1 aromatic carbocycles. The van der Waals surface area contributed by atoms with E-state index in [0.29, 0.717) is 28.2 Å². The van der Waals surface area contributed by atoms with Crippen molar-refractivity contribution in [3.05, 3.63) is 29.3 Å². The van der Waals surface area contributed by atoms with E-state index in [4.69, 9.17) is 22.1 Å². The van der Waals surface area contributed by atoms with Gasteiger partial charge in [-0.05, 0) is 19.1 Å². The molecule has 2 aromatic rings. The lowest BCUT2D eigenvalue weighted by Crippen LogP contribution is -2.74. The molecule has 1 fully saturated rings. The summed E-state index contributed by atoms with van der Waals surface area (Å²) in [7, 11) is 0. The lowest BCUT2D eigenvalue weighted by Gasteiger charge is -2.57. The maximum absolute atomic E-state index is 12.7. The Morgan fingerprint density at radius 2 is 2.19 bits per heavy atom. The fraction of sp³-hybridized carbons (Fsp3) is 0.471. The average molecular weight is 417 g/mol. The number of aromatic nitrogens is 2. The summed E-state index contributed by atoms with van der Waals surface area (Å²) in [6, 6.07) is 7.33. The molecule has 1 aromatic heterocycles. The van der Waals surface area contributed by atoms with Crippen LogP contribution in [0.3, 0.4) is 0 Å². The Labute approximate surface area is 167 Å². The Balaban J connectivity index is 0.00000243. The van der Waals surface area contributed by atoms with Crippen LogP contribution in [-0.4, -0.2) is 34.4 Å². The maximum Gasteiger partial charge on any atom is 0.247 e. The van der Waals surface area contributed by atoms with Crippen molar-refractivity contribution >= 4 is 46.4 Å². The zero-order valence-corrected chi connectivity index (χ0v) is 17.2. The summed E-state index contributed by atoms with van der Waals surface area (Å²) in [6.45, 7) is 6.44. The second-order valence-corrected chi connectivity index (χ2v) is 8.13. The Hall–Kier alpha value is -1.25. The molecule has 142 valence electrons. The fourth-order valence-electron chi connectivity index (χ4n) is 3.04. The molecule has 0 saturated heterocycles. The van der Waals surface area contributed by atoms with Crippen molar-refractivity contribution in [3.8, 4) is 10.6 Å². The molecule has 0 radical (unpaired) electrons. The monoisotopic (exact) mass is 416 g/mol. The SMILES string of the molecule is CCOC1CC(N)(C(=O)Nc2nnc(-c3cccc(Cl)c3)s2)C1(C)C.Cl. The van der Waals surface area contributed by atoms with Gasteiger partial charge in [-0.15, -0.1) is 22.6 Å². The molecule has 1 amide bonds. The molecule has 2 unspecified atom stereocenters. The average Bonchev–Trinajstić information content (AvgIpc) is 3.03. The lowest BCUT2D eigenvalue weighted by molar-refractivity contribution is -0.166. The molecule has 9 heteroatoms. The van der Waals surface area contributed by atoms with Crippen molar-refractivity contribution in [1.29, 1.82) is 0 Å². The number of amides is 1. The fourth-order valence-corrected chi connectivity index (χ4v) is 3.97. The van der Waals surface area contributed by atoms with E-state index in [2.05, 4.69) is 15.5 Å². The van der Waals surface area contributed by atoms with E-state index in [1.54, 1.807) is 12.1 Å². The van der Waals surface area contributed by atoms with Gasteiger partial charge in [0, 0.05) is 29.0 Å². The Morgan fingerprint density at radius 3 is 2.81 bits per heavy atom. The summed E-state index contributed by atoms with van der Waals surface area (Å²) < 4.78 is 5.66. The molecule has 1 saturated carbocycles. The summed E-state index contributed by atoms with van der Waals surface area (Å²) in [5.74, 6) is -0.262. The quantitative estimate of drug-likeness (QED) is 0.773. The molecule has 0 spiro atoms. The Bertz CT molecular complexity index is 799. The number of rotatable bonds is 5. The van der Waals surface area contributed by atoms with Crippen molar-refractivity contribution in [1.82, 2.24) is 10.2 Å². The number of carbonyl (C=O) groups is 1. The van der Waals surface area contributed by atoms with Gasteiger partial charge in [-0.25, -0.2) is 0 Å². The Morgan fingerprint density at radius 1 is 1.46 bits per heavy atom. The van der Waals surface area contributed by atoms with Crippen LogP contribution in [0.15, 0.2) is 24.3 Å². The summed E-state index contributed by atoms with van der Waals surface area (Å²) in [5, 5.41) is 12.7. The number of nitrogens with two attached hydrogens (primary N) is 1. The molecule has 26 heavy (non-hydrogen) atoms. The van der Waals surface area contributed by atoms with Gasteiger partial charge in [0.15, 0.2) is 0 Å². The van der Waals surface area contributed by atoms with Gasteiger partial charge in [-0.3, -0.25) is 10.1 Å². The van der Waals surface area contributed by atoms with Crippen LogP contribution < -0.4 is 11.1 Å². The minimum Gasteiger partial charge on any atom is -0.378 e. The molecule has 1 aliphatic rings. The number of halogens is 2. The molecule has 0 bridgehead atoms. The largest absolute Gasteiger partial charge is 0.378 e. The second kappa shape index (κ2) is 7.78. The van der Waals surface area contributed by atoms with Gasteiger partial charge < -0.3 is 10.5 Å². The maximum atomic E-state index is 12.7. The Kier molecular flexibility index (Phi) is 6.30. The van der Waals surface area contributed by atoms with Crippen molar-refractivity contribution in [3.63, 3.8) is 0 Å². The van der Waals surface area contributed by atoms with Crippen LogP contribution >= 0.6 is 35.3 Å². The van der Waals surface area contributed by atoms with Crippen LogP contribution in [0.25, 0.3) is 10.6 Å². The summed E-state index contributed by atoms with van der Waals surface area (Å²) in [6.07, 6.45) is 0.462. The van der Waals surface area contributed by atoms with Crippen molar-refractivity contribution < 1.29 is 9.53 Å². The highest BCUT2D eigenvalue weighted by molar-refractivity contribution is 7.18. The highest BCUT2D eigenvalue weighted by Crippen LogP contribution is 2.50. The molecule has 3 rings (SSSR count). The summed E-state index contributed by atoms with van der Waals surface area (Å²) in [4.78, 5) is 12.7. The lowest BCUT2D eigenvalue weighted by atomic mass is 9.54. The van der Waals surface area contributed by atoms with Gasteiger partial charge in [0.1, 0.15) is 10.5 Å². The summed E-state index contributed by atoms with van der Waals surface area (Å²) >= 11 is 7.29. The van der Waals surface area contributed by atoms with Gasteiger partial charge in [-0.1, -0.05) is 48.9 Å². The van der Waals surface area contributed by atoms with Crippen LogP contribution in [0.5, 0.6) is 0 Å². The first-order valence-electron chi connectivity index (χ1n) is 8.09. The van der Waals surface area contributed by atoms with E-state index in [1.807, 2.05) is 32.9 Å². The number of anilines is 1. The minimum atomic E-state index is -0.991. The number of benzene rings is 1. The standard InChI is InChI=1S/C17H21ClN4O2S.ClH/c1-4-24-12-9-17(19,16(12,2)3)14(23)20-15-22-21-13(25-15)10-6-5-7-11(18)8-10;/h5-8,12H,4,9,19H2,1-3H3,(H,20,22,23);1H. The van der Waals surface area contributed by atoms with E-state index in [1.165, 1.54) is 11.3 Å². The van der Waals surface area contributed by atoms with Crippen LogP contribution in [0.2, 0.25) is 5.02 Å². The van der Waals surface area contributed by atoms with Crippen LogP contribution in [0, 0.1) is 5.41 Å². The molecule has 0 aliphatic heterocycles. The topological polar surface area (TPSA) is 90.1 Å². The minimum absolute atomic E-state index is 0.